The largest absolute Gasteiger partial charge is 0.500 e. The number of hydrogen-bond acceptors (Lipinski definition) is 6. The highest BCUT2D eigenvalue weighted by molar-refractivity contribution is 6.18. The van der Waals surface area contributed by atoms with E-state index in [1.54, 1.807) is 37.4 Å². The highest BCUT2D eigenvalue weighted by Crippen LogP contribution is 2.22. The van der Waals surface area contributed by atoms with Gasteiger partial charge in [-0.25, -0.2) is 4.79 Å². The Balaban J connectivity index is 2.18. The first-order chi connectivity index (χ1) is 12.4. The van der Waals surface area contributed by atoms with Crippen LogP contribution in [0.15, 0.2) is 41.4 Å². The van der Waals surface area contributed by atoms with E-state index >= 15 is 0 Å². The molecule has 1 aromatic heterocycles. The number of ether oxygens (including phenoxy) is 1. The number of hydrogen-bond donors (Lipinski definition) is 1. The lowest BCUT2D eigenvalue weighted by molar-refractivity contribution is -0.130. The van der Waals surface area contributed by atoms with Crippen LogP contribution in [-0.4, -0.2) is 34.4 Å². The van der Waals surface area contributed by atoms with Crippen molar-refractivity contribution in [1.29, 1.82) is 0 Å². The quantitative estimate of drug-likeness (QED) is 0.355. The molecule has 0 amide bonds. The van der Waals surface area contributed by atoms with Crippen molar-refractivity contribution in [2.75, 3.05) is 7.11 Å². The number of aromatic nitrogens is 2. The van der Waals surface area contributed by atoms with Crippen molar-refractivity contribution in [2.45, 2.75) is 27.4 Å². The minimum Gasteiger partial charge on any atom is -0.500 e. The summed E-state index contributed by atoms with van der Waals surface area (Å²) in [6.45, 7) is 5.54. The third kappa shape index (κ3) is 4.66. The standard InChI is InChI=1S/C19H21N3O4/c1-12-13(2)22-16(10-20-12)11-26-21-9-15-7-5-6-8-17(15)18(19(23)24)14(3)25-4/h5-10H,11H2,1-4H3,(H,23,24). The number of nitrogens with zero attached hydrogens (tertiary/aromatic N) is 3. The van der Waals surface area contributed by atoms with Crippen molar-refractivity contribution in [3.63, 3.8) is 0 Å². The Hall–Kier alpha value is -3.22. The lowest BCUT2D eigenvalue weighted by atomic mass is 9.99. The average Bonchev–Trinajstić information content (AvgIpc) is 2.62. The van der Waals surface area contributed by atoms with Gasteiger partial charge in [0.1, 0.15) is 11.3 Å². The van der Waals surface area contributed by atoms with Gasteiger partial charge in [0.15, 0.2) is 6.61 Å². The first kappa shape index (κ1) is 19.1. The van der Waals surface area contributed by atoms with Gasteiger partial charge in [0.25, 0.3) is 0 Å². The number of aliphatic carboxylic acids is 1. The van der Waals surface area contributed by atoms with Gasteiger partial charge in [-0.05, 0) is 20.8 Å². The van der Waals surface area contributed by atoms with E-state index in [-0.39, 0.29) is 12.2 Å². The maximum absolute atomic E-state index is 11.6. The van der Waals surface area contributed by atoms with Crippen LogP contribution in [0.1, 0.15) is 35.1 Å². The number of carbonyl (C=O) groups is 1. The van der Waals surface area contributed by atoms with Crippen LogP contribution < -0.4 is 0 Å². The maximum Gasteiger partial charge on any atom is 0.339 e. The third-order valence-corrected chi connectivity index (χ3v) is 3.82. The fourth-order valence-corrected chi connectivity index (χ4v) is 2.25. The predicted molar refractivity (Wildman–Crippen MR) is 97.6 cm³/mol. The van der Waals surface area contributed by atoms with Gasteiger partial charge in [0, 0.05) is 11.1 Å². The minimum absolute atomic E-state index is 0.0783. The summed E-state index contributed by atoms with van der Waals surface area (Å²) in [6, 6.07) is 7.00. The van der Waals surface area contributed by atoms with Crippen LogP contribution >= 0.6 is 0 Å². The molecule has 7 nitrogen and oxygen atoms in total. The molecule has 0 saturated heterocycles. The Morgan fingerprint density at radius 1 is 1.27 bits per heavy atom. The van der Waals surface area contributed by atoms with Crippen LogP contribution in [0.4, 0.5) is 0 Å². The fourth-order valence-electron chi connectivity index (χ4n) is 2.25. The second-order valence-corrected chi connectivity index (χ2v) is 5.57. The van der Waals surface area contributed by atoms with Gasteiger partial charge >= 0.3 is 5.97 Å². The van der Waals surface area contributed by atoms with E-state index in [2.05, 4.69) is 15.1 Å². The zero-order valence-corrected chi connectivity index (χ0v) is 15.2. The van der Waals surface area contributed by atoms with Gasteiger partial charge in [0.05, 0.1) is 36.6 Å². The maximum atomic E-state index is 11.6. The molecule has 0 unspecified atom stereocenters. The highest BCUT2D eigenvalue weighted by atomic mass is 16.6. The van der Waals surface area contributed by atoms with Gasteiger partial charge in [-0.3, -0.25) is 9.97 Å². The van der Waals surface area contributed by atoms with Crippen LogP contribution in [0.3, 0.4) is 0 Å². The Bertz CT molecular complexity index is 860. The lowest BCUT2D eigenvalue weighted by Crippen LogP contribution is -2.06. The van der Waals surface area contributed by atoms with E-state index in [1.165, 1.54) is 13.3 Å². The monoisotopic (exact) mass is 355 g/mol. The van der Waals surface area contributed by atoms with Crippen LogP contribution in [0.2, 0.25) is 0 Å². The number of carboxylic acid groups (broad SMARTS) is 1. The molecule has 0 aliphatic rings. The number of aryl methyl sites for hydroxylation is 2. The van der Waals surface area contributed by atoms with Crippen LogP contribution in [0.25, 0.3) is 5.57 Å². The Kier molecular flexibility index (Phi) is 6.43. The van der Waals surface area contributed by atoms with E-state index in [9.17, 15) is 9.90 Å². The highest BCUT2D eigenvalue weighted by Gasteiger charge is 2.17. The van der Waals surface area contributed by atoms with Crippen LogP contribution in [0.5, 0.6) is 0 Å². The summed E-state index contributed by atoms with van der Waals surface area (Å²) in [5, 5.41) is 13.4. The Morgan fingerprint density at radius 2 is 2.00 bits per heavy atom. The van der Waals surface area contributed by atoms with E-state index in [4.69, 9.17) is 9.57 Å². The van der Waals surface area contributed by atoms with E-state index in [0.29, 0.717) is 22.6 Å². The summed E-state index contributed by atoms with van der Waals surface area (Å²) in [4.78, 5) is 25.4. The molecule has 0 fully saturated rings. The van der Waals surface area contributed by atoms with Crippen molar-refractivity contribution in [3.05, 3.63) is 64.4 Å². The Morgan fingerprint density at radius 3 is 2.65 bits per heavy atom. The van der Waals surface area contributed by atoms with E-state index < -0.39 is 5.97 Å². The molecular formula is C19H21N3O4. The summed E-state index contributed by atoms with van der Waals surface area (Å²) < 4.78 is 5.10. The second-order valence-electron chi connectivity index (χ2n) is 5.57. The summed E-state index contributed by atoms with van der Waals surface area (Å²) >= 11 is 0. The molecule has 0 atom stereocenters. The molecular weight excluding hydrogens is 334 g/mol. The van der Waals surface area contributed by atoms with Crippen molar-refractivity contribution >= 4 is 17.8 Å². The second kappa shape index (κ2) is 8.75. The summed E-state index contributed by atoms with van der Waals surface area (Å²) in [6.07, 6.45) is 3.11. The smallest absolute Gasteiger partial charge is 0.339 e. The number of carboxylic acids is 1. The molecule has 0 bridgehead atoms. The van der Waals surface area contributed by atoms with Crippen molar-refractivity contribution in [3.8, 4) is 0 Å². The first-order valence-electron chi connectivity index (χ1n) is 7.96. The SMILES string of the molecule is COC(C)=C(C(=O)O)c1ccccc1C=NOCc1cnc(C)c(C)n1. The molecule has 1 N–H and O–H groups in total. The number of oxime groups is 1. The molecule has 26 heavy (non-hydrogen) atoms. The molecule has 0 aliphatic carbocycles. The van der Waals surface area contributed by atoms with Gasteiger partial charge in [-0.1, -0.05) is 29.4 Å². The van der Waals surface area contributed by atoms with E-state index in [1.807, 2.05) is 13.8 Å². The number of methoxy groups -OCH3 is 1. The van der Waals surface area contributed by atoms with E-state index in [0.717, 1.165) is 11.4 Å². The molecule has 2 rings (SSSR count). The van der Waals surface area contributed by atoms with Gasteiger partial charge in [-0.15, -0.1) is 0 Å². The molecule has 1 aromatic carbocycles. The molecule has 0 saturated carbocycles. The van der Waals surface area contributed by atoms with Gasteiger partial charge in [0.2, 0.25) is 0 Å². The minimum atomic E-state index is -1.07. The predicted octanol–water partition coefficient (Wildman–Crippen LogP) is 3.11. The molecule has 1 heterocycles. The number of rotatable bonds is 7. The van der Waals surface area contributed by atoms with Gasteiger partial charge < -0.3 is 14.7 Å². The van der Waals surface area contributed by atoms with Crippen LogP contribution in [-0.2, 0) is 21.0 Å². The molecule has 0 radical (unpaired) electrons. The zero-order valence-electron chi connectivity index (χ0n) is 15.2. The van der Waals surface area contributed by atoms with Crippen molar-refractivity contribution < 1.29 is 19.5 Å². The average molecular weight is 355 g/mol. The summed E-state index contributed by atoms with van der Waals surface area (Å²) in [5.41, 5.74) is 3.55. The Labute approximate surface area is 152 Å². The van der Waals surface area contributed by atoms with Crippen LogP contribution in [0, 0.1) is 13.8 Å². The molecule has 7 heteroatoms. The molecule has 2 aromatic rings. The molecule has 136 valence electrons. The summed E-state index contributed by atoms with van der Waals surface area (Å²) in [7, 11) is 1.43. The third-order valence-electron chi connectivity index (χ3n) is 3.82. The lowest BCUT2D eigenvalue weighted by Gasteiger charge is -2.10. The van der Waals surface area contributed by atoms with Gasteiger partial charge in [-0.2, -0.15) is 0 Å². The fraction of sp³-hybridized carbons (Fsp3) is 0.263. The number of allylic oxidation sites excluding steroid dienone is 1. The van der Waals surface area contributed by atoms with Crippen molar-refractivity contribution in [1.82, 2.24) is 9.97 Å². The zero-order chi connectivity index (χ0) is 19.1. The normalized spacial score (nSPS) is 12.0. The molecule has 0 aliphatic heterocycles. The number of benzene rings is 1. The molecule has 0 spiro atoms. The van der Waals surface area contributed by atoms with Crippen molar-refractivity contribution in [2.24, 2.45) is 5.16 Å². The summed E-state index contributed by atoms with van der Waals surface area (Å²) in [5.74, 6) is -0.763. The topological polar surface area (TPSA) is 93.9 Å². The first-order valence-corrected chi connectivity index (χ1v) is 7.96.